The summed E-state index contributed by atoms with van der Waals surface area (Å²) in [7, 11) is -4.06. The predicted molar refractivity (Wildman–Crippen MR) is 46.4 cm³/mol. The van der Waals surface area contributed by atoms with Crippen molar-refractivity contribution in [2.75, 3.05) is 5.88 Å². The minimum Gasteiger partial charge on any atom is -0.508 e. The Balaban J connectivity index is 0.00000169. The monoisotopic (exact) mass is 263 g/mol. The van der Waals surface area contributed by atoms with E-state index in [0.29, 0.717) is 0 Å². The number of alkyl halides is 1. The molecule has 0 saturated heterocycles. The van der Waals surface area contributed by atoms with E-state index in [2.05, 4.69) is 8.91 Å². The summed E-state index contributed by atoms with van der Waals surface area (Å²) in [5, 5.41) is 0. The van der Waals surface area contributed by atoms with Crippen molar-refractivity contribution in [1.29, 1.82) is 0 Å². The zero-order chi connectivity index (χ0) is 10.1. The number of amides is 1. The number of carbonyl (C=O) groups excluding carboxylic acids is 1. The van der Waals surface area contributed by atoms with Crippen molar-refractivity contribution in [3.05, 3.63) is 16.1 Å². The molecule has 1 heterocycles. The minimum absolute atomic E-state index is 0. The SMILES string of the molecule is CC1=C(CCCl)C(=O)[N-]S(=O)(=O)O1.[K+]. The van der Waals surface area contributed by atoms with Gasteiger partial charge in [-0.05, 0) is 13.3 Å². The van der Waals surface area contributed by atoms with Gasteiger partial charge < -0.3 is 13.7 Å². The van der Waals surface area contributed by atoms with Gasteiger partial charge in [0.25, 0.3) is 10.3 Å². The van der Waals surface area contributed by atoms with E-state index in [9.17, 15) is 13.2 Å². The van der Waals surface area contributed by atoms with E-state index in [1.165, 1.54) is 6.92 Å². The van der Waals surface area contributed by atoms with Gasteiger partial charge in [-0.1, -0.05) is 0 Å². The normalized spacial score (nSPS) is 19.4. The number of rotatable bonds is 2. The average molecular weight is 264 g/mol. The Bertz CT molecular complexity index is 364. The van der Waals surface area contributed by atoms with Crippen LogP contribution in [0.15, 0.2) is 11.3 Å². The summed E-state index contributed by atoms with van der Waals surface area (Å²) < 4.78 is 28.8. The number of carbonyl (C=O) groups is 1. The number of halogens is 1. The van der Waals surface area contributed by atoms with Crippen molar-refractivity contribution >= 4 is 27.8 Å². The summed E-state index contributed by atoms with van der Waals surface area (Å²) in [6.07, 6.45) is 0.255. The Kier molecular flexibility index (Phi) is 6.20. The first-order chi connectivity index (χ1) is 5.96. The van der Waals surface area contributed by atoms with E-state index in [1.54, 1.807) is 0 Å². The third kappa shape index (κ3) is 3.80. The Morgan fingerprint density at radius 2 is 2.07 bits per heavy atom. The summed E-state index contributed by atoms with van der Waals surface area (Å²) in [6, 6.07) is 0. The molecule has 74 valence electrons. The van der Waals surface area contributed by atoms with Crippen molar-refractivity contribution in [2.45, 2.75) is 13.3 Å². The Morgan fingerprint density at radius 1 is 1.50 bits per heavy atom. The number of nitrogens with zero attached hydrogens (tertiary/aromatic N) is 1. The maximum absolute atomic E-state index is 11.1. The molecule has 0 aliphatic carbocycles. The molecule has 0 saturated carbocycles. The molecular formula is C6H7ClKNO4S. The van der Waals surface area contributed by atoms with Gasteiger partial charge in [0.2, 0.25) is 0 Å². The summed E-state index contributed by atoms with van der Waals surface area (Å²) in [6.45, 7) is 1.39. The van der Waals surface area contributed by atoms with Crippen molar-refractivity contribution in [3.8, 4) is 0 Å². The minimum atomic E-state index is -4.06. The van der Waals surface area contributed by atoms with Gasteiger partial charge in [0, 0.05) is 11.5 Å². The topological polar surface area (TPSA) is 74.5 Å². The van der Waals surface area contributed by atoms with E-state index < -0.39 is 16.2 Å². The van der Waals surface area contributed by atoms with Crippen LogP contribution in [0.5, 0.6) is 0 Å². The van der Waals surface area contributed by atoms with E-state index in [1.807, 2.05) is 0 Å². The van der Waals surface area contributed by atoms with Gasteiger partial charge in [-0.25, -0.2) is 8.42 Å². The van der Waals surface area contributed by atoms with Crippen LogP contribution < -0.4 is 51.4 Å². The summed E-state index contributed by atoms with van der Waals surface area (Å²) in [5.74, 6) is -0.512. The summed E-state index contributed by atoms with van der Waals surface area (Å²) >= 11 is 5.40. The standard InChI is InChI=1S/C6H8ClNO4S.K/c1-4-5(2-3-7)6(9)8-13(10,11)12-4;/h2-3H2,1H3,(H,8,9);/q;+1/p-1. The molecule has 5 nitrogen and oxygen atoms in total. The van der Waals surface area contributed by atoms with Crippen LogP contribution >= 0.6 is 11.6 Å². The Hall–Kier alpha value is 0.886. The van der Waals surface area contributed by atoms with Crippen LogP contribution in [0.1, 0.15) is 13.3 Å². The molecule has 0 fully saturated rings. The molecule has 0 N–H and O–H groups in total. The first-order valence-corrected chi connectivity index (χ1v) is 5.33. The Morgan fingerprint density at radius 3 is 2.50 bits per heavy atom. The fourth-order valence-electron chi connectivity index (χ4n) is 0.912. The second-order valence-electron chi connectivity index (χ2n) is 2.38. The molecule has 0 aromatic rings. The molecule has 8 heteroatoms. The fraction of sp³-hybridized carbons (Fsp3) is 0.500. The number of hydrogen-bond acceptors (Lipinski definition) is 4. The molecule has 1 amide bonds. The quantitative estimate of drug-likeness (QED) is 0.430. The maximum atomic E-state index is 11.1. The zero-order valence-electron chi connectivity index (χ0n) is 7.78. The van der Waals surface area contributed by atoms with E-state index in [4.69, 9.17) is 11.6 Å². The van der Waals surface area contributed by atoms with Gasteiger partial charge in [0.1, 0.15) is 5.76 Å². The molecule has 0 unspecified atom stereocenters. The maximum Gasteiger partial charge on any atom is 1.00 e. The molecule has 0 bridgehead atoms. The molecule has 0 spiro atoms. The third-order valence-corrected chi connectivity index (χ3v) is 2.49. The van der Waals surface area contributed by atoms with Gasteiger partial charge in [-0.15, -0.1) is 11.6 Å². The predicted octanol–water partition coefficient (Wildman–Crippen LogP) is -1.93. The molecule has 14 heavy (non-hydrogen) atoms. The van der Waals surface area contributed by atoms with Crippen LogP contribution in [0, 0.1) is 0 Å². The second-order valence-corrected chi connectivity index (χ2v) is 3.96. The molecule has 1 aliphatic heterocycles. The molecule has 1 aliphatic rings. The van der Waals surface area contributed by atoms with Crippen molar-refractivity contribution < 1.29 is 68.8 Å². The van der Waals surface area contributed by atoms with Gasteiger partial charge in [0.15, 0.2) is 0 Å². The van der Waals surface area contributed by atoms with E-state index in [0.717, 1.165) is 0 Å². The first kappa shape index (κ1) is 14.9. The van der Waals surface area contributed by atoms with Gasteiger partial charge in [-0.2, -0.15) is 0 Å². The third-order valence-electron chi connectivity index (χ3n) is 1.45. The van der Waals surface area contributed by atoms with Crippen LogP contribution in [-0.2, 0) is 19.3 Å². The van der Waals surface area contributed by atoms with Gasteiger partial charge >= 0.3 is 51.4 Å². The summed E-state index contributed by atoms with van der Waals surface area (Å²) in [4.78, 5) is 11.1. The fourth-order valence-corrected chi connectivity index (χ4v) is 1.87. The van der Waals surface area contributed by atoms with Crippen LogP contribution in [0.3, 0.4) is 0 Å². The molecule has 0 radical (unpaired) electrons. The molecule has 1 rings (SSSR count). The van der Waals surface area contributed by atoms with Crippen LogP contribution in [0.25, 0.3) is 4.72 Å². The van der Waals surface area contributed by atoms with E-state index >= 15 is 0 Å². The smallest absolute Gasteiger partial charge is 0.508 e. The van der Waals surface area contributed by atoms with Gasteiger partial charge in [0.05, 0.1) is 5.91 Å². The van der Waals surface area contributed by atoms with Gasteiger partial charge in [-0.3, -0.25) is 0 Å². The van der Waals surface area contributed by atoms with Crippen molar-refractivity contribution in [3.63, 3.8) is 0 Å². The molecule has 0 atom stereocenters. The van der Waals surface area contributed by atoms with Crippen LogP contribution in [-0.4, -0.2) is 20.2 Å². The molecular weight excluding hydrogens is 257 g/mol. The van der Waals surface area contributed by atoms with Crippen LogP contribution in [0.2, 0.25) is 0 Å². The molecule has 0 aromatic heterocycles. The van der Waals surface area contributed by atoms with Crippen molar-refractivity contribution in [2.24, 2.45) is 0 Å². The average Bonchev–Trinajstić information content (AvgIpc) is 1.94. The van der Waals surface area contributed by atoms with Crippen molar-refractivity contribution in [1.82, 2.24) is 0 Å². The second kappa shape index (κ2) is 5.83. The Labute approximate surface area is 130 Å². The zero-order valence-corrected chi connectivity index (χ0v) is 12.5. The number of hydrogen-bond donors (Lipinski definition) is 0. The number of allylic oxidation sites excluding steroid dienone is 1. The summed E-state index contributed by atoms with van der Waals surface area (Å²) in [5.41, 5.74) is 0.213. The molecule has 0 aromatic carbocycles. The first-order valence-electron chi connectivity index (χ1n) is 3.44. The largest absolute Gasteiger partial charge is 1.00 e. The van der Waals surface area contributed by atoms with E-state index in [-0.39, 0.29) is 75.0 Å². The van der Waals surface area contributed by atoms with Crippen LogP contribution in [0.4, 0.5) is 0 Å².